The fraction of sp³-hybridized carbons (Fsp3) is 0. The number of rotatable bonds is 4. The number of para-hydroxylation sites is 1. The van der Waals surface area contributed by atoms with E-state index in [4.69, 9.17) is 0 Å². The molecule has 0 bridgehead atoms. The Morgan fingerprint density at radius 1 is 0.783 bits per heavy atom. The first-order valence-corrected chi connectivity index (χ1v) is 7.13. The van der Waals surface area contributed by atoms with E-state index in [1.54, 1.807) is 0 Å². The lowest BCUT2D eigenvalue weighted by Gasteiger charge is -2.08. The Labute approximate surface area is 133 Å². The maximum Gasteiger partial charge on any atom is 0.257 e. The van der Waals surface area contributed by atoms with Crippen LogP contribution in [0.2, 0.25) is 0 Å². The number of benzene rings is 2. The van der Waals surface area contributed by atoms with Crippen LogP contribution in [0.3, 0.4) is 0 Å². The van der Waals surface area contributed by atoms with E-state index in [0.717, 1.165) is 11.4 Å². The number of amides is 1. The summed E-state index contributed by atoms with van der Waals surface area (Å²) >= 11 is 0. The molecule has 5 heteroatoms. The molecule has 1 heterocycles. The van der Waals surface area contributed by atoms with Crippen molar-refractivity contribution in [3.8, 4) is 0 Å². The molecule has 1 amide bonds. The van der Waals surface area contributed by atoms with Gasteiger partial charge in [-0.2, -0.15) is 0 Å². The van der Waals surface area contributed by atoms with Gasteiger partial charge in [0.25, 0.3) is 5.91 Å². The van der Waals surface area contributed by atoms with E-state index >= 15 is 0 Å². The Kier molecular flexibility index (Phi) is 4.20. The minimum atomic E-state index is -0.273. The summed E-state index contributed by atoms with van der Waals surface area (Å²) in [6.45, 7) is 0. The molecule has 0 spiro atoms. The van der Waals surface area contributed by atoms with Crippen molar-refractivity contribution in [2.75, 3.05) is 10.6 Å². The molecule has 0 aliphatic carbocycles. The third-order valence-corrected chi connectivity index (χ3v) is 3.25. The van der Waals surface area contributed by atoms with Crippen LogP contribution in [-0.2, 0) is 0 Å². The second-order valence-corrected chi connectivity index (χ2v) is 4.96. The Balaban J connectivity index is 1.66. The van der Waals surface area contributed by atoms with Crippen molar-refractivity contribution in [1.29, 1.82) is 0 Å². The van der Waals surface area contributed by atoms with Gasteiger partial charge in [0.15, 0.2) is 0 Å². The van der Waals surface area contributed by atoms with E-state index in [1.165, 1.54) is 18.3 Å². The Morgan fingerprint density at radius 3 is 2.09 bits per heavy atom. The van der Waals surface area contributed by atoms with E-state index in [-0.39, 0.29) is 11.5 Å². The highest BCUT2D eigenvalue weighted by molar-refractivity contribution is 6.04. The molecule has 3 rings (SSSR count). The largest absolute Gasteiger partial charge is 0.356 e. The van der Waals surface area contributed by atoms with E-state index < -0.39 is 0 Å². The molecule has 0 aliphatic rings. The quantitative estimate of drug-likeness (QED) is 0.692. The molecular formula is C18H15N3O2. The second kappa shape index (κ2) is 6.62. The summed E-state index contributed by atoms with van der Waals surface area (Å²) in [4.78, 5) is 25.5. The molecule has 0 saturated heterocycles. The van der Waals surface area contributed by atoms with Gasteiger partial charge in [-0.05, 0) is 42.5 Å². The maximum atomic E-state index is 12.1. The minimum Gasteiger partial charge on any atom is -0.356 e. The van der Waals surface area contributed by atoms with E-state index in [1.807, 2.05) is 54.6 Å². The summed E-state index contributed by atoms with van der Waals surface area (Å²) in [7, 11) is 0. The van der Waals surface area contributed by atoms with Crippen LogP contribution in [0.15, 0.2) is 77.7 Å². The Morgan fingerprint density at radius 2 is 1.43 bits per heavy atom. The molecule has 23 heavy (non-hydrogen) atoms. The first-order chi connectivity index (χ1) is 11.2. The van der Waals surface area contributed by atoms with E-state index in [9.17, 15) is 9.59 Å². The summed E-state index contributed by atoms with van der Waals surface area (Å²) in [5, 5.41) is 6.05. The molecule has 0 fully saturated rings. The highest BCUT2D eigenvalue weighted by atomic mass is 16.1. The number of hydrogen-bond acceptors (Lipinski definition) is 3. The number of aromatic nitrogens is 1. The molecule has 5 nitrogen and oxygen atoms in total. The van der Waals surface area contributed by atoms with Gasteiger partial charge in [0.05, 0.1) is 5.56 Å². The molecule has 1 aromatic heterocycles. The summed E-state index contributed by atoms with van der Waals surface area (Å²) < 4.78 is 0. The minimum absolute atomic E-state index is 0.238. The average molecular weight is 305 g/mol. The topological polar surface area (TPSA) is 74.0 Å². The zero-order chi connectivity index (χ0) is 16.1. The van der Waals surface area contributed by atoms with Crippen molar-refractivity contribution < 1.29 is 4.79 Å². The summed E-state index contributed by atoms with van der Waals surface area (Å²) in [6, 6.07) is 20.0. The lowest BCUT2D eigenvalue weighted by atomic mass is 10.2. The number of H-pyrrole nitrogens is 1. The van der Waals surface area contributed by atoms with Gasteiger partial charge in [0, 0.05) is 29.3 Å². The maximum absolute atomic E-state index is 12.1. The van der Waals surface area contributed by atoms with Crippen molar-refractivity contribution in [2.45, 2.75) is 0 Å². The van der Waals surface area contributed by atoms with Crippen LogP contribution in [0.4, 0.5) is 17.1 Å². The molecule has 114 valence electrons. The fourth-order valence-electron chi connectivity index (χ4n) is 2.08. The van der Waals surface area contributed by atoms with Gasteiger partial charge in [-0.25, -0.2) is 0 Å². The highest BCUT2D eigenvalue weighted by Gasteiger charge is 2.05. The predicted octanol–water partition coefficient (Wildman–Crippen LogP) is 3.37. The number of carbonyl (C=O) groups excluding carboxylic acids is 1. The number of carbonyl (C=O) groups is 1. The first kappa shape index (κ1) is 14.6. The lowest BCUT2D eigenvalue weighted by molar-refractivity contribution is 0.102. The lowest BCUT2D eigenvalue weighted by Crippen LogP contribution is -2.14. The van der Waals surface area contributed by atoms with Crippen LogP contribution in [-0.4, -0.2) is 10.9 Å². The van der Waals surface area contributed by atoms with Crippen LogP contribution in [0.5, 0.6) is 0 Å². The average Bonchev–Trinajstić information content (AvgIpc) is 2.58. The van der Waals surface area contributed by atoms with Gasteiger partial charge in [-0.15, -0.1) is 0 Å². The van der Waals surface area contributed by atoms with Crippen LogP contribution in [0, 0.1) is 0 Å². The molecule has 3 N–H and O–H groups in total. The Hall–Kier alpha value is -3.34. The molecule has 0 atom stereocenters. The SMILES string of the molecule is O=C(Nc1ccc(Nc2ccccc2)cc1)c1ccc(=O)[nH]c1. The van der Waals surface area contributed by atoms with E-state index in [0.29, 0.717) is 11.3 Å². The summed E-state index contributed by atoms with van der Waals surface area (Å²) in [5.74, 6) is -0.273. The molecule has 0 radical (unpaired) electrons. The van der Waals surface area contributed by atoms with Crippen LogP contribution < -0.4 is 16.2 Å². The predicted molar refractivity (Wildman–Crippen MR) is 91.2 cm³/mol. The third kappa shape index (κ3) is 3.85. The van der Waals surface area contributed by atoms with Crippen molar-refractivity contribution in [3.63, 3.8) is 0 Å². The van der Waals surface area contributed by atoms with Crippen molar-refractivity contribution >= 4 is 23.0 Å². The van der Waals surface area contributed by atoms with Crippen molar-refractivity contribution in [1.82, 2.24) is 4.98 Å². The molecule has 2 aromatic carbocycles. The first-order valence-electron chi connectivity index (χ1n) is 7.13. The van der Waals surface area contributed by atoms with Gasteiger partial charge < -0.3 is 15.6 Å². The number of aromatic amines is 1. The third-order valence-electron chi connectivity index (χ3n) is 3.25. The monoisotopic (exact) mass is 305 g/mol. The zero-order valence-electron chi connectivity index (χ0n) is 12.2. The van der Waals surface area contributed by atoms with Crippen LogP contribution >= 0.6 is 0 Å². The van der Waals surface area contributed by atoms with Gasteiger partial charge in [-0.3, -0.25) is 9.59 Å². The van der Waals surface area contributed by atoms with Gasteiger partial charge in [0.2, 0.25) is 5.56 Å². The number of nitrogens with one attached hydrogen (secondary N) is 3. The van der Waals surface area contributed by atoms with Gasteiger partial charge in [0.1, 0.15) is 0 Å². The summed E-state index contributed by atoms with van der Waals surface area (Å²) in [6.07, 6.45) is 1.39. The molecule has 3 aromatic rings. The number of pyridine rings is 1. The number of anilines is 3. The van der Waals surface area contributed by atoms with Crippen LogP contribution in [0.1, 0.15) is 10.4 Å². The van der Waals surface area contributed by atoms with Crippen molar-refractivity contribution in [3.05, 3.63) is 88.8 Å². The molecular weight excluding hydrogens is 290 g/mol. The van der Waals surface area contributed by atoms with Gasteiger partial charge >= 0.3 is 0 Å². The van der Waals surface area contributed by atoms with Crippen LogP contribution in [0.25, 0.3) is 0 Å². The van der Waals surface area contributed by atoms with Gasteiger partial charge in [-0.1, -0.05) is 18.2 Å². The smallest absolute Gasteiger partial charge is 0.257 e. The van der Waals surface area contributed by atoms with Crippen molar-refractivity contribution in [2.24, 2.45) is 0 Å². The number of hydrogen-bond donors (Lipinski definition) is 3. The molecule has 0 saturated carbocycles. The Bertz CT molecular complexity index is 835. The molecule has 0 unspecified atom stereocenters. The highest BCUT2D eigenvalue weighted by Crippen LogP contribution is 2.18. The summed E-state index contributed by atoms with van der Waals surface area (Å²) in [5.41, 5.74) is 2.77. The normalized spacial score (nSPS) is 10.1. The fourth-order valence-corrected chi connectivity index (χ4v) is 2.08. The van der Waals surface area contributed by atoms with E-state index in [2.05, 4.69) is 15.6 Å². The zero-order valence-corrected chi connectivity index (χ0v) is 12.2. The molecule has 0 aliphatic heterocycles. The second-order valence-electron chi connectivity index (χ2n) is 4.96. The standard InChI is InChI=1S/C18H15N3O2/c22-17-11-6-13(12-19-17)18(23)21-16-9-7-15(8-10-16)20-14-4-2-1-3-5-14/h1-12,20H,(H,19,22)(H,21,23).